The first-order valence-corrected chi connectivity index (χ1v) is 14.6. The highest BCUT2D eigenvalue weighted by Gasteiger charge is 2.30. The third-order valence-electron chi connectivity index (χ3n) is 7.09. The Balaban J connectivity index is 1.29. The van der Waals surface area contributed by atoms with Gasteiger partial charge in [0.2, 0.25) is 5.91 Å². The van der Waals surface area contributed by atoms with Gasteiger partial charge in [-0.1, -0.05) is 29.3 Å². The summed E-state index contributed by atoms with van der Waals surface area (Å²) in [7, 11) is 0. The van der Waals surface area contributed by atoms with Crippen LogP contribution in [0.1, 0.15) is 53.4 Å². The van der Waals surface area contributed by atoms with Crippen LogP contribution in [0.15, 0.2) is 47.3 Å². The van der Waals surface area contributed by atoms with E-state index in [1.807, 2.05) is 23.1 Å². The largest absolute Gasteiger partial charge is 0.352 e. The fraction of sp³-hybridized carbons (Fsp3) is 0.429. The summed E-state index contributed by atoms with van der Waals surface area (Å²) in [5.41, 5.74) is 3.03. The number of aryl methyl sites for hydroxylation is 1. The molecule has 4 heterocycles. The van der Waals surface area contributed by atoms with Crippen LogP contribution in [0.3, 0.4) is 0 Å². The number of nitrogens with zero attached hydrogens (tertiary/aromatic N) is 4. The normalized spacial score (nSPS) is 15.3. The molecule has 202 valence electrons. The van der Waals surface area contributed by atoms with E-state index in [1.54, 1.807) is 30.5 Å². The maximum Gasteiger partial charge on any atom is 0.254 e. The van der Waals surface area contributed by atoms with Crippen molar-refractivity contribution in [3.8, 4) is 0 Å². The molecule has 2 amide bonds. The summed E-state index contributed by atoms with van der Waals surface area (Å²) in [5.74, 6) is -0.118. The van der Waals surface area contributed by atoms with E-state index in [9.17, 15) is 9.59 Å². The molecular formula is C28H33Cl2N5O2S. The van der Waals surface area contributed by atoms with Crippen LogP contribution >= 0.6 is 34.5 Å². The third kappa shape index (κ3) is 7.53. The minimum absolute atomic E-state index is 0.118. The Morgan fingerprint density at radius 1 is 1.24 bits per heavy atom. The number of thiophene rings is 1. The molecule has 0 aromatic carbocycles. The monoisotopic (exact) mass is 573 g/mol. The van der Waals surface area contributed by atoms with Gasteiger partial charge in [0.25, 0.3) is 5.91 Å². The highest BCUT2D eigenvalue weighted by atomic mass is 35.5. The molecule has 0 aliphatic carbocycles. The van der Waals surface area contributed by atoms with Crippen molar-refractivity contribution in [2.45, 2.75) is 58.2 Å². The van der Waals surface area contributed by atoms with E-state index >= 15 is 0 Å². The Morgan fingerprint density at radius 3 is 2.68 bits per heavy atom. The molecule has 1 N–H and O–H groups in total. The van der Waals surface area contributed by atoms with Crippen molar-refractivity contribution in [1.29, 1.82) is 0 Å². The van der Waals surface area contributed by atoms with Gasteiger partial charge in [0.05, 0.1) is 12.0 Å². The van der Waals surface area contributed by atoms with Crippen LogP contribution in [0.2, 0.25) is 10.3 Å². The summed E-state index contributed by atoms with van der Waals surface area (Å²) in [5, 5.41) is 7.52. The fourth-order valence-electron chi connectivity index (χ4n) is 4.93. The van der Waals surface area contributed by atoms with E-state index in [0.29, 0.717) is 36.7 Å². The number of carbonyl (C=O) groups is 2. The van der Waals surface area contributed by atoms with Crippen LogP contribution in [0.4, 0.5) is 0 Å². The lowest BCUT2D eigenvalue weighted by Crippen LogP contribution is -2.49. The zero-order valence-electron chi connectivity index (χ0n) is 21.7. The van der Waals surface area contributed by atoms with E-state index in [2.05, 4.69) is 43.9 Å². The average molecular weight is 575 g/mol. The highest BCUT2D eigenvalue weighted by molar-refractivity contribution is 7.07. The van der Waals surface area contributed by atoms with Gasteiger partial charge in [-0.25, -0.2) is 4.98 Å². The number of halogens is 2. The summed E-state index contributed by atoms with van der Waals surface area (Å²) in [6.07, 6.45) is 4.69. The molecule has 38 heavy (non-hydrogen) atoms. The molecule has 0 spiro atoms. The molecule has 10 heteroatoms. The molecule has 7 nitrogen and oxygen atoms in total. The number of hydrogen-bond acceptors (Lipinski definition) is 6. The second-order valence-electron chi connectivity index (χ2n) is 9.74. The third-order valence-corrected chi connectivity index (χ3v) is 8.29. The Morgan fingerprint density at radius 2 is 2.03 bits per heavy atom. The molecule has 3 aromatic heterocycles. The van der Waals surface area contributed by atoms with Gasteiger partial charge in [0.15, 0.2) is 0 Å². The van der Waals surface area contributed by atoms with Crippen LogP contribution in [0.25, 0.3) is 0 Å². The van der Waals surface area contributed by atoms with Crippen molar-refractivity contribution >= 4 is 46.4 Å². The lowest BCUT2D eigenvalue weighted by molar-refractivity contribution is -0.134. The molecule has 1 aliphatic rings. The van der Waals surface area contributed by atoms with Crippen molar-refractivity contribution in [1.82, 2.24) is 25.1 Å². The van der Waals surface area contributed by atoms with Crippen molar-refractivity contribution in [2.75, 3.05) is 19.6 Å². The molecule has 4 rings (SSSR count). The SMILES string of the molecule is Cc1cc(Cl)nc(Cl)c1C(=O)NCCC(C)N1CCC(N(Cc2ccsc2)C(=O)Cc2ccccn2)CC1. The predicted octanol–water partition coefficient (Wildman–Crippen LogP) is 5.40. The van der Waals surface area contributed by atoms with Crippen LogP contribution < -0.4 is 5.32 Å². The van der Waals surface area contributed by atoms with Gasteiger partial charge < -0.3 is 15.1 Å². The van der Waals surface area contributed by atoms with E-state index in [-0.39, 0.29) is 28.2 Å². The summed E-state index contributed by atoms with van der Waals surface area (Å²) in [6.45, 7) is 6.95. The smallest absolute Gasteiger partial charge is 0.254 e. The second-order valence-corrected chi connectivity index (χ2v) is 11.3. The molecule has 0 bridgehead atoms. The van der Waals surface area contributed by atoms with E-state index in [0.717, 1.165) is 38.0 Å². The summed E-state index contributed by atoms with van der Waals surface area (Å²) < 4.78 is 0. The quantitative estimate of drug-likeness (QED) is 0.328. The van der Waals surface area contributed by atoms with Gasteiger partial charge in [-0.15, -0.1) is 0 Å². The molecule has 1 unspecified atom stereocenters. The van der Waals surface area contributed by atoms with Crippen LogP contribution in [-0.2, 0) is 17.8 Å². The molecule has 1 fully saturated rings. The molecule has 1 aliphatic heterocycles. The minimum Gasteiger partial charge on any atom is -0.352 e. The number of nitrogens with one attached hydrogen (secondary N) is 1. The maximum absolute atomic E-state index is 13.4. The first kappa shape index (κ1) is 28.5. The summed E-state index contributed by atoms with van der Waals surface area (Å²) in [4.78, 5) is 38.8. The molecular weight excluding hydrogens is 541 g/mol. The summed E-state index contributed by atoms with van der Waals surface area (Å²) in [6, 6.07) is 9.91. The Bertz CT molecular complexity index is 1190. The second kappa shape index (κ2) is 13.5. The van der Waals surface area contributed by atoms with Crippen molar-refractivity contribution < 1.29 is 9.59 Å². The predicted molar refractivity (Wildman–Crippen MR) is 153 cm³/mol. The van der Waals surface area contributed by atoms with Crippen molar-refractivity contribution in [3.63, 3.8) is 0 Å². The number of aromatic nitrogens is 2. The van der Waals surface area contributed by atoms with Crippen molar-refractivity contribution in [3.05, 3.63) is 80.0 Å². The van der Waals surface area contributed by atoms with E-state index < -0.39 is 0 Å². The molecule has 1 atom stereocenters. The standard InChI is InChI=1S/C28H33Cl2N5O2S/c1-19-15-24(29)33-27(30)26(19)28(37)32-11-6-20(2)34-12-7-23(8-13-34)35(17-21-9-14-38-18-21)25(36)16-22-5-3-4-10-31-22/h3-5,9-10,14-15,18,20,23H,6-8,11-13,16-17H2,1-2H3,(H,32,37). The fourth-order valence-corrected chi connectivity index (χ4v) is 6.21. The first-order chi connectivity index (χ1) is 18.3. The van der Waals surface area contributed by atoms with E-state index in [1.165, 1.54) is 5.56 Å². The number of rotatable bonds is 10. The number of piperidine rings is 1. The lowest BCUT2D eigenvalue weighted by Gasteiger charge is -2.41. The number of carbonyl (C=O) groups excluding carboxylic acids is 2. The van der Waals surface area contributed by atoms with Gasteiger partial charge >= 0.3 is 0 Å². The Kier molecular flexibility index (Phi) is 10.1. The number of amides is 2. The van der Waals surface area contributed by atoms with E-state index in [4.69, 9.17) is 23.2 Å². The first-order valence-electron chi connectivity index (χ1n) is 12.9. The molecule has 0 radical (unpaired) electrons. The van der Waals surface area contributed by atoms with Gasteiger partial charge in [-0.2, -0.15) is 11.3 Å². The molecule has 3 aromatic rings. The minimum atomic E-state index is -0.238. The number of hydrogen-bond donors (Lipinski definition) is 1. The Hall–Kier alpha value is -2.52. The maximum atomic E-state index is 13.4. The zero-order chi connectivity index (χ0) is 27.1. The topological polar surface area (TPSA) is 78.4 Å². The number of pyridine rings is 2. The van der Waals surface area contributed by atoms with Crippen LogP contribution in [0, 0.1) is 6.92 Å². The van der Waals surface area contributed by atoms with Crippen LogP contribution in [0.5, 0.6) is 0 Å². The lowest BCUT2D eigenvalue weighted by atomic mass is 9.99. The Labute approximate surface area is 238 Å². The number of likely N-dealkylation sites (tertiary alicyclic amines) is 1. The molecule has 0 saturated carbocycles. The summed E-state index contributed by atoms with van der Waals surface area (Å²) >= 11 is 13.7. The highest BCUT2D eigenvalue weighted by Crippen LogP contribution is 2.24. The van der Waals surface area contributed by atoms with Gasteiger partial charge in [-0.05, 0) is 79.3 Å². The average Bonchev–Trinajstić information content (AvgIpc) is 3.41. The van der Waals surface area contributed by atoms with Crippen LogP contribution in [-0.4, -0.2) is 63.3 Å². The van der Waals surface area contributed by atoms with Gasteiger partial charge in [-0.3, -0.25) is 14.6 Å². The molecule has 1 saturated heterocycles. The zero-order valence-corrected chi connectivity index (χ0v) is 24.0. The van der Waals surface area contributed by atoms with Gasteiger partial charge in [0, 0.05) is 50.2 Å². The van der Waals surface area contributed by atoms with Crippen molar-refractivity contribution in [2.24, 2.45) is 0 Å². The van der Waals surface area contributed by atoms with Gasteiger partial charge in [0.1, 0.15) is 10.3 Å².